The number of nitrogens with zero attached hydrogens (tertiary/aromatic N) is 1. The lowest BCUT2D eigenvalue weighted by Gasteiger charge is -2.18. The van der Waals surface area contributed by atoms with Crippen LogP contribution in [-0.2, 0) is 9.53 Å². The van der Waals surface area contributed by atoms with Gasteiger partial charge in [-0.05, 0) is 17.7 Å². The zero-order valence-electron chi connectivity index (χ0n) is 11.5. The van der Waals surface area contributed by atoms with E-state index in [0.29, 0.717) is 6.54 Å². The Morgan fingerprint density at radius 2 is 2.38 bits per heavy atom. The number of thioether (sulfide) groups is 1. The Kier molecular flexibility index (Phi) is 5.87. The number of benzene rings is 1. The van der Waals surface area contributed by atoms with Crippen LogP contribution < -0.4 is 0 Å². The number of carbonyl (C=O) groups excluding carboxylic acids is 2. The van der Waals surface area contributed by atoms with Gasteiger partial charge in [0.2, 0.25) is 5.91 Å². The van der Waals surface area contributed by atoms with Crippen molar-refractivity contribution in [3.05, 3.63) is 47.0 Å². The monoisotopic (exact) mass is 369 g/mol. The minimum Gasteiger partial charge on any atom is -0.447 e. The van der Waals surface area contributed by atoms with Crippen molar-refractivity contribution in [3.8, 4) is 0 Å². The fourth-order valence-electron chi connectivity index (χ4n) is 2.05. The Labute approximate surface area is 136 Å². The highest BCUT2D eigenvalue weighted by Crippen LogP contribution is 2.34. The van der Waals surface area contributed by atoms with Crippen molar-refractivity contribution in [2.45, 2.75) is 11.7 Å². The number of amides is 2. The van der Waals surface area contributed by atoms with Crippen LogP contribution in [-0.4, -0.2) is 35.8 Å². The number of rotatable bonds is 6. The molecule has 0 aromatic heterocycles. The molecule has 2 rings (SSSR count). The van der Waals surface area contributed by atoms with Crippen molar-refractivity contribution in [3.63, 3.8) is 0 Å². The highest BCUT2D eigenvalue weighted by atomic mass is 79.9. The quantitative estimate of drug-likeness (QED) is 0.715. The van der Waals surface area contributed by atoms with Gasteiger partial charge >= 0.3 is 6.09 Å². The molecular formula is C15H16BrNO3S. The standard InChI is InChI=1S/C15H16BrNO3S/c1-2-8-21-13(11-4-3-5-12(16)9-11)10-14(18)17-6-7-20-15(17)19/h2-5,9,13H,1,6-8,10H2/t13-/m1/s1. The van der Waals surface area contributed by atoms with Crippen LogP contribution in [0.1, 0.15) is 17.2 Å². The van der Waals surface area contributed by atoms with Crippen LogP contribution in [0.4, 0.5) is 4.79 Å². The van der Waals surface area contributed by atoms with E-state index in [9.17, 15) is 9.59 Å². The molecule has 112 valence electrons. The minimum atomic E-state index is -0.540. The number of cyclic esters (lactones) is 1. The van der Waals surface area contributed by atoms with Crippen LogP contribution >= 0.6 is 27.7 Å². The van der Waals surface area contributed by atoms with Gasteiger partial charge in [-0.3, -0.25) is 4.79 Å². The summed E-state index contributed by atoms with van der Waals surface area (Å²) >= 11 is 5.07. The molecule has 1 heterocycles. The zero-order chi connectivity index (χ0) is 15.2. The summed E-state index contributed by atoms with van der Waals surface area (Å²) in [6.45, 7) is 4.34. The first-order chi connectivity index (χ1) is 10.1. The average molecular weight is 370 g/mol. The molecule has 0 saturated carbocycles. The molecule has 0 unspecified atom stereocenters. The Hall–Kier alpha value is -1.27. The van der Waals surface area contributed by atoms with Crippen molar-refractivity contribution in [2.75, 3.05) is 18.9 Å². The molecule has 4 nitrogen and oxygen atoms in total. The van der Waals surface area contributed by atoms with E-state index in [1.807, 2.05) is 30.3 Å². The predicted octanol–water partition coefficient (Wildman–Crippen LogP) is 3.78. The Morgan fingerprint density at radius 1 is 1.57 bits per heavy atom. The zero-order valence-corrected chi connectivity index (χ0v) is 13.9. The predicted molar refractivity (Wildman–Crippen MR) is 87.2 cm³/mol. The molecule has 1 atom stereocenters. The van der Waals surface area contributed by atoms with E-state index in [1.165, 1.54) is 4.90 Å². The molecule has 0 bridgehead atoms. The van der Waals surface area contributed by atoms with Crippen LogP contribution in [0, 0.1) is 0 Å². The summed E-state index contributed by atoms with van der Waals surface area (Å²) in [5.74, 6) is 0.550. The molecule has 1 saturated heterocycles. The maximum atomic E-state index is 12.3. The molecule has 6 heteroatoms. The number of hydrogen-bond donors (Lipinski definition) is 0. The third-order valence-corrected chi connectivity index (χ3v) is 4.82. The molecule has 1 aromatic carbocycles. The molecule has 1 aliphatic rings. The topological polar surface area (TPSA) is 46.6 Å². The summed E-state index contributed by atoms with van der Waals surface area (Å²) < 4.78 is 5.78. The maximum Gasteiger partial charge on any atom is 0.416 e. The molecule has 2 amide bonds. The van der Waals surface area contributed by atoms with Gasteiger partial charge in [0, 0.05) is 21.9 Å². The van der Waals surface area contributed by atoms with Crippen molar-refractivity contribution in [1.82, 2.24) is 4.90 Å². The normalized spacial score (nSPS) is 15.7. The van der Waals surface area contributed by atoms with E-state index < -0.39 is 6.09 Å². The van der Waals surface area contributed by atoms with Crippen molar-refractivity contribution < 1.29 is 14.3 Å². The molecule has 0 N–H and O–H groups in total. The summed E-state index contributed by atoms with van der Waals surface area (Å²) in [7, 11) is 0. The first-order valence-corrected chi connectivity index (χ1v) is 8.41. The second-order valence-electron chi connectivity index (χ2n) is 4.53. The fraction of sp³-hybridized carbons (Fsp3) is 0.333. The van der Waals surface area contributed by atoms with Crippen molar-refractivity contribution in [1.29, 1.82) is 0 Å². The molecule has 21 heavy (non-hydrogen) atoms. The Morgan fingerprint density at radius 3 is 3.00 bits per heavy atom. The molecule has 0 spiro atoms. The van der Waals surface area contributed by atoms with E-state index in [-0.39, 0.29) is 24.2 Å². The summed E-state index contributed by atoms with van der Waals surface area (Å²) in [5, 5.41) is -0.0126. The first kappa shape index (κ1) is 16.1. The largest absolute Gasteiger partial charge is 0.447 e. The summed E-state index contributed by atoms with van der Waals surface area (Å²) in [4.78, 5) is 24.9. The molecule has 0 aliphatic carbocycles. The minimum absolute atomic E-state index is 0.0126. The van der Waals surface area contributed by atoms with Gasteiger partial charge in [-0.15, -0.1) is 18.3 Å². The lowest BCUT2D eigenvalue weighted by atomic mass is 10.1. The van der Waals surface area contributed by atoms with Crippen LogP contribution in [0.2, 0.25) is 0 Å². The van der Waals surface area contributed by atoms with E-state index in [2.05, 4.69) is 22.5 Å². The highest BCUT2D eigenvalue weighted by Gasteiger charge is 2.30. The molecule has 1 fully saturated rings. The first-order valence-electron chi connectivity index (χ1n) is 6.57. The lowest BCUT2D eigenvalue weighted by molar-refractivity contribution is -0.127. The van der Waals surface area contributed by atoms with Crippen LogP contribution in [0.15, 0.2) is 41.4 Å². The maximum absolute atomic E-state index is 12.3. The second kappa shape index (κ2) is 7.66. The third kappa shape index (κ3) is 4.35. The Bertz CT molecular complexity index is 549. The van der Waals surface area contributed by atoms with Gasteiger partial charge in [0.25, 0.3) is 0 Å². The number of ether oxygens (including phenoxy) is 1. The third-order valence-electron chi connectivity index (χ3n) is 3.06. The van der Waals surface area contributed by atoms with Gasteiger partial charge in [-0.2, -0.15) is 0 Å². The molecule has 1 aromatic rings. The number of carbonyl (C=O) groups is 2. The second-order valence-corrected chi connectivity index (χ2v) is 6.68. The molecule has 0 radical (unpaired) electrons. The average Bonchev–Trinajstić information content (AvgIpc) is 2.89. The SMILES string of the molecule is C=CCS[C@H](CC(=O)N1CCOC1=O)c1cccc(Br)c1. The highest BCUT2D eigenvalue weighted by molar-refractivity contribution is 9.10. The van der Waals surface area contributed by atoms with Gasteiger partial charge in [0.1, 0.15) is 6.61 Å². The van der Waals surface area contributed by atoms with Gasteiger partial charge < -0.3 is 4.74 Å². The van der Waals surface area contributed by atoms with Gasteiger partial charge in [0.15, 0.2) is 0 Å². The van der Waals surface area contributed by atoms with Crippen LogP contribution in [0.25, 0.3) is 0 Å². The van der Waals surface area contributed by atoms with Crippen LogP contribution in [0.3, 0.4) is 0 Å². The number of hydrogen-bond acceptors (Lipinski definition) is 4. The number of halogens is 1. The smallest absolute Gasteiger partial charge is 0.416 e. The Balaban J connectivity index is 2.10. The number of imide groups is 1. The van der Waals surface area contributed by atoms with E-state index in [4.69, 9.17) is 4.74 Å². The van der Waals surface area contributed by atoms with Crippen LogP contribution in [0.5, 0.6) is 0 Å². The van der Waals surface area contributed by atoms with E-state index >= 15 is 0 Å². The van der Waals surface area contributed by atoms with Gasteiger partial charge in [-0.1, -0.05) is 34.1 Å². The van der Waals surface area contributed by atoms with Gasteiger partial charge in [-0.25, -0.2) is 9.69 Å². The van der Waals surface area contributed by atoms with E-state index in [1.54, 1.807) is 11.8 Å². The molecule has 1 aliphatic heterocycles. The van der Waals surface area contributed by atoms with Crippen molar-refractivity contribution >= 4 is 39.7 Å². The summed E-state index contributed by atoms with van der Waals surface area (Å²) in [5.41, 5.74) is 1.05. The van der Waals surface area contributed by atoms with Gasteiger partial charge in [0.05, 0.1) is 6.54 Å². The lowest BCUT2D eigenvalue weighted by Crippen LogP contribution is -2.32. The van der Waals surface area contributed by atoms with E-state index in [0.717, 1.165) is 15.8 Å². The summed E-state index contributed by atoms with van der Waals surface area (Å²) in [6, 6.07) is 7.87. The summed E-state index contributed by atoms with van der Waals surface area (Å²) in [6.07, 6.45) is 1.54. The van der Waals surface area contributed by atoms with Crippen molar-refractivity contribution in [2.24, 2.45) is 0 Å². The molecular weight excluding hydrogens is 354 g/mol. The fourth-order valence-corrected chi connectivity index (χ4v) is 3.44.